The summed E-state index contributed by atoms with van der Waals surface area (Å²) in [7, 11) is 0. The van der Waals surface area contributed by atoms with Crippen LogP contribution in [0.1, 0.15) is 40.7 Å². The summed E-state index contributed by atoms with van der Waals surface area (Å²) in [5.74, 6) is -0.542. The average molecular weight is 526 g/mol. The van der Waals surface area contributed by atoms with Gasteiger partial charge in [-0.15, -0.1) is 0 Å². The van der Waals surface area contributed by atoms with Crippen LogP contribution in [0.4, 0.5) is 4.39 Å². The van der Waals surface area contributed by atoms with E-state index in [1.165, 1.54) is 24.3 Å². The summed E-state index contributed by atoms with van der Waals surface area (Å²) in [5.41, 5.74) is 1.55. The monoisotopic (exact) mass is 525 g/mol. The Bertz CT molecular complexity index is 1210. The lowest BCUT2D eigenvalue weighted by atomic mass is 9.71. The summed E-state index contributed by atoms with van der Waals surface area (Å²) >= 11 is 12.2. The Morgan fingerprint density at radius 2 is 1.64 bits per heavy atom. The number of piperidine rings is 1. The third kappa shape index (κ3) is 5.74. The van der Waals surface area contributed by atoms with Gasteiger partial charge in [-0.3, -0.25) is 9.59 Å². The zero-order valence-electron chi connectivity index (χ0n) is 19.9. The van der Waals surface area contributed by atoms with Crippen LogP contribution in [0.25, 0.3) is 0 Å². The van der Waals surface area contributed by atoms with E-state index in [2.05, 4.69) is 12.2 Å². The van der Waals surface area contributed by atoms with Crippen LogP contribution in [0, 0.1) is 18.7 Å². The molecule has 0 bridgehead atoms. The van der Waals surface area contributed by atoms with Crippen molar-refractivity contribution in [2.45, 2.75) is 31.2 Å². The summed E-state index contributed by atoms with van der Waals surface area (Å²) in [6.07, 6.45) is 2.02. The van der Waals surface area contributed by atoms with Crippen molar-refractivity contribution in [1.82, 2.24) is 10.2 Å². The van der Waals surface area contributed by atoms with E-state index in [4.69, 9.17) is 23.2 Å². The van der Waals surface area contributed by atoms with E-state index in [0.29, 0.717) is 48.0 Å². The number of nitrogens with zero attached hydrogens (tertiary/aromatic N) is 1. The molecule has 1 unspecified atom stereocenters. The molecule has 1 fully saturated rings. The van der Waals surface area contributed by atoms with Crippen LogP contribution >= 0.6 is 23.2 Å². The first kappa shape index (κ1) is 26.2. The molecule has 1 aliphatic heterocycles. The highest BCUT2D eigenvalue weighted by Crippen LogP contribution is 2.39. The van der Waals surface area contributed by atoms with Gasteiger partial charge in [0.05, 0.1) is 22.0 Å². The summed E-state index contributed by atoms with van der Waals surface area (Å²) in [4.78, 5) is 28.0. The fourth-order valence-corrected chi connectivity index (χ4v) is 5.36. The largest absolute Gasteiger partial charge is 0.346 e. The Balaban J connectivity index is 1.53. The maximum Gasteiger partial charge on any atom is 0.253 e. The highest BCUT2D eigenvalue weighted by molar-refractivity contribution is 6.42. The van der Waals surface area contributed by atoms with Gasteiger partial charge < -0.3 is 10.2 Å². The molecule has 187 valence electrons. The standard InChI is InChI=1S/C29H28Cl2FN2O2/c1-2-29(22-6-4-3-5-7-22,33-27(35)19-20-8-13-25(30)26(31)18-20)23-14-16-34(17-15-23)28(36)21-9-11-24(32)12-10-21/h3-13,18,23H,1-2,14-17,19H2,(H,33,35). The van der Waals surface area contributed by atoms with Crippen LogP contribution in [-0.2, 0) is 16.8 Å². The van der Waals surface area contributed by atoms with E-state index >= 15 is 0 Å². The molecule has 0 aromatic heterocycles. The Kier molecular flexibility index (Phi) is 8.32. The lowest BCUT2D eigenvalue weighted by molar-refractivity contribution is -0.123. The lowest BCUT2D eigenvalue weighted by Crippen LogP contribution is -2.54. The number of amides is 2. The summed E-state index contributed by atoms with van der Waals surface area (Å²) in [6, 6.07) is 20.7. The summed E-state index contributed by atoms with van der Waals surface area (Å²) < 4.78 is 13.3. The molecule has 36 heavy (non-hydrogen) atoms. The van der Waals surface area contributed by atoms with Crippen LogP contribution in [0.3, 0.4) is 0 Å². The molecule has 0 spiro atoms. The number of hydrogen-bond donors (Lipinski definition) is 1. The van der Waals surface area contributed by atoms with Crippen LogP contribution in [0.5, 0.6) is 0 Å². The van der Waals surface area contributed by atoms with Gasteiger partial charge in [-0.2, -0.15) is 0 Å². The second kappa shape index (κ2) is 11.4. The number of carbonyl (C=O) groups is 2. The molecule has 0 aliphatic carbocycles. The normalized spacial score (nSPS) is 15.8. The van der Waals surface area contributed by atoms with Crippen LogP contribution in [-0.4, -0.2) is 29.8 Å². The highest BCUT2D eigenvalue weighted by atomic mass is 35.5. The smallest absolute Gasteiger partial charge is 0.253 e. The number of hydrogen-bond acceptors (Lipinski definition) is 2. The number of likely N-dealkylation sites (tertiary alicyclic amines) is 1. The van der Waals surface area contributed by atoms with Crippen LogP contribution in [0.2, 0.25) is 10.0 Å². The van der Waals surface area contributed by atoms with Crippen LogP contribution < -0.4 is 5.32 Å². The van der Waals surface area contributed by atoms with E-state index in [1.54, 1.807) is 23.1 Å². The number of nitrogens with one attached hydrogen (secondary N) is 1. The third-order valence-corrected chi connectivity index (χ3v) is 7.70. The molecule has 1 atom stereocenters. The van der Waals surface area contributed by atoms with Gasteiger partial charge in [0.1, 0.15) is 5.82 Å². The van der Waals surface area contributed by atoms with Crippen molar-refractivity contribution < 1.29 is 14.0 Å². The van der Waals surface area contributed by atoms with Crippen molar-refractivity contribution in [2.24, 2.45) is 5.92 Å². The van der Waals surface area contributed by atoms with Gasteiger partial charge in [0.2, 0.25) is 5.91 Å². The molecule has 4 rings (SSSR count). The molecular formula is C29H28Cl2FN2O2. The van der Waals surface area contributed by atoms with Gasteiger partial charge in [-0.25, -0.2) is 4.39 Å². The number of rotatable bonds is 7. The lowest BCUT2D eigenvalue weighted by Gasteiger charge is -2.45. The Labute approximate surface area is 221 Å². The first-order valence-corrected chi connectivity index (χ1v) is 12.7. The molecule has 1 heterocycles. The molecular weight excluding hydrogens is 498 g/mol. The van der Waals surface area contributed by atoms with Gasteiger partial charge >= 0.3 is 0 Å². The topological polar surface area (TPSA) is 49.4 Å². The molecule has 7 heteroatoms. The Morgan fingerprint density at radius 1 is 0.972 bits per heavy atom. The zero-order valence-corrected chi connectivity index (χ0v) is 21.4. The second-order valence-corrected chi connectivity index (χ2v) is 9.95. The van der Waals surface area contributed by atoms with Gasteiger partial charge in [-0.1, -0.05) is 66.5 Å². The summed E-state index contributed by atoms with van der Waals surface area (Å²) in [6.45, 7) is 5.32. The van der Waals surface area contributed by atoms with Crippen molar-refractivity contribution in [3.05, 3.63) is 112 Å². The quantitative estimate of drug-likeness (QED) is 0.384. The fraction of sp³-hybridized carbons (Fsp3) is 0.276. The SMILES string of the molecule is [CH2]CC(NC(=O)Cc1ccc(Cl)c(Cl)c1)(c1ccccc1)C1CCN(C(=O)c2ccc(F)cc2)CC1. The molecule has 4 nitrogen and oxygen atoms in total. The van der Waals surface area contributed by atoms with Gasteiger partial charge in [-0.05, 0) is 72.7 Å². The average Bonchev–Trinajstić information content (AvgIpc) is 2.90. The molecule has 1 radical (unpaired) electrons. The van der Waals surface area contributed by atoms with Crippen molar-refractivity contribution in [1.29, 1.82) is 0 Å². The fourth-order valence-electron chi connectivity index (χ4n) is 5.03. The Hall–Kier alpha value is -2.89. The molecule has 3 aromatic carbocycles. The first-order chi connectivity index (χ1) is 17.3. The molecule has 3 aromatic rings. The second-order valence-electron chi connectivity index (χ2n) is 9.13. The predicted molar refractivity (Wildman–Crippen MR) is 141 cm³/mol. The maximum absolute atomic E-state index is 13.3. The molecule has 2 amide bonds. The minimum absolute atomic E-state index is 0.0763. The number of carbonyl (C=O) groups excluding carboxylic acids is 2. The Morgan fingerprint density at radius 3 is 2.25 bits per heavy atom. The van der Waals surface area contributed by atoms with Gasteiger partial charge in [0.25, 0.3) is 5.91 Å². The van der Waals surface area contributed by atoms with Crippen molar-refractivity contribution in [3.8, 4) is 0 Å². The van der Waals surface area contributed by atoms with E-state index < -0.39 is 5.54 Å². The zero-order chi connectivity index (χ0) is 25.7. The van der Waals surface area contributed by atoms with E-state index in [1.807, 2.05) is 30.3 Å². The van der Waals surface area contributed by atoms with Crippen molar-refractivity contribution in [2.75, 3.05) is 13.1 Å². The van der Waals surface area contributed by atoms with Crippen molar-refractivity contribution >= 4 is 35.0 Å². The van der Waals surface area contributed by atoms with Gasteiger partial charge in [0.15, 0.2) is 0 Å². The van der Waals surface area contributed by atoms with E-state index in [9.17, 15) is 14.0 Å². The van der Waals surface area contributed by atoms with Crippen molar-refractivity contribution in [3.63, 3.8) is 0 Å². The minimum Gasteiger partial charge on any atom is -0.346 e. The number of halogens is 3. The minimum atomic E-state index is -0.681. The molecule has 1 N–H and O–H groups in total. The van der Waals surface area contributed by atoms with E-state index in [0.717, 1.165) is 11.1 Å². The van der Waals surface area contributed by atoms with Crippen LogP contribution in [0.15, 0.2) is 72.8 Å². The number of benzene rings is 3. The maximum atomic E-state index is 13.3. The van der Waals surface area contributed by atoms with E-state index in [-0.39, 0.29) is 30.0 Å². The first-order valence-electron chi connectivity index (χ1n) is 12.0. The molecule has 0 saturated carbocycles. The summed E-state index contributed by atoms with van der Waals surface area (Å²) in [5, 5.41) is 4.16. The predicted octanol–water partition coefficient (Wildman–Crippen LogP) is 6.46. The third-order valence-electron chi connectivity index (χ3n) is 6.96. The molecule has 1 saturated heterocycles. The van der Waals surface area contributed by atoms with Gasteiger partial charge in [0, 0.05) is 18.7 Å². The molecule has 1 aliphatic rings. The highest BCUT2D eigenvalue weighted by Gasteiger charge is 2.42.